The normalized spacial score (nSPS) is 21.9. The summed E-state index contributed by atoms with van der Waals surface area (Å²) in [7, 11) is 0. The molecule has 0 radical (unpaired) electrons. The topological polar surface area (TPSA) is 56.8 Å². The summed E-state index contributed by atoms with van der Waals surface area (Å²) in [4.78, 5) is 12.4. The fourth-order valence-electron chi connectivity index (χ4n) is 2.82. The molecule has 136 valence electrons. The summed E-state index contributed by atoms with van der Waals surface area (Å²) in [5.41, 5.74) is 1.48. The van der Waals surface area contributed by atoms with Crippen LogP contribution < -0.4 is 4.72 Å². The van der Waals surface area contributed by atoms with E-state index in [0.717, 1.165) is 16.6 Å². The highest BCUT2D eigenvalue weighted by atomic mass is 79.9. The van der Waals surface area contributed by atoms with Crippen molar-refractivity contribution in [2.45, 2.75) is 30.8 Å². The average Bonchev–Trinajstić information content (AvgIpc) is 3.03. The van der Waals surface area contributed by atoms with Gasteiger partial charge in [0.2, 0.25) is 0 Å². The van der Waals surface area contributed by atoms with E-state index in [9.17, 15) is 4.79 Å². The lowest BCUT2D eigenvalue weighted by Crippen LogP contribution is -2.36. The fourth-order valence-corrected chi connectivity index (χ4v) is 4.71. The zero-order valence-corrected chi connectivity index (χ0v) is 16.9. The number of nitrogens with one attached hydrogen (secondary N) is 1. The van der Waals surface area contributed by atoms with Crippen molar-refractivity contribution in [2.24, 2.45) is 0 Å². The van der Waals surface area contributed by atoms with Crippen LogP contribution >= 0.6 is 39.5 Å². The first-order chi connectivity index (χ1) is 12.0. The largest absolute Gasteiger partial charge is 0.463 e. The predicted octanol–water partition coefficient (Wildman–Crippen LogP) is 4.56. The molecule has 1 spiro atoms. The first-order valence-electron chi connectivity index (χ1n) is 8.07. The molecule has 1 atom stereocenters. The van der Waals surface area contributed by atoms with Gasteiger partial charge in [-0.25, -0.2) is 4.79 Å². The Balaban J connectivity index is 1.75. The molecule has 1 heterocycles. The smallest absolute Gasteiger partial charge is 0.335 e. The van der Waals surface area contributed by atoms with Gasteiger partial charge in [0.25, 0.3) is 0 Å². The lowest BCUT2D eigenvalue weighted by Gasteiger charge is -2.33. The van der Waals surface area contributed by atoms with Gasteiger partial charge >= 0.3 is 5.97 Å². The highest BCUT2D eigenvalue weighted by Crippen LogP contribution is 2.40. The molecule has 1 aromatic rings. The third-order valence-corrected chi connectivity index (χ3v) is 6.01. The van der Waals surface area contributed by atoms with Crippen LogP contribution in [-0.4, -0.2) is 36.8 Å². The van der Waals surface area contributed by atoms with Gasteiger partial charge in [0.05, 0.1) is 36.3 Å². The van der Waals surface area contributed by atoms with Crippen molar-refractivity contribution in [2.75, 3.05) is 24.5 Å². The van der Waals surface area contributed by atoms with Crippen molar-refractivity contribution in [3.05, 3.63) is 39.3 Å². The first kappa shape index (κ1) is 19.0. The Kier molecular flexibility index (Phi) is 6.33. The average molecular weight is 449 g/mol. The lowest BCUT2D eigenvalue weighted by atomic mass is 9.94. The van der Waals surface area contributed by atoms with Gasteiger partial charge < -0.3 is 18.9 Å². The Hall–Kier alpha value is -0.730. The molecule has 25 heavy (non-hydrogen) atoms. The van der Waals surface area contributed by atoms with Crippen LogP contribution in [0.25, 0.3) is 0 Å². The molecule has 8 heteroatoms. The molecule has 1 unspecified atom stereocenters. The van der Waals surface area contributed by atoms with Gasteiger partial charge in [-0.3, -0.25) is 0 Å². The number of hydrogen-bond donors (Lipinski definition) is 1. The van der Waals surface area contributed by atoms with Gasteiger partial charge in [-0.15, -0.1) is 0 Å². The van der Waals surface area contributed by atoms with Crippen LogP contribution in [-0.2, 0) is 19.0 Å². The number of esters is 1. The molecule has 1 saturated heterocycles. The molecule has 1 aromatic carbocycles. The summed E-state index contributed by atoms with van der Waals surface area (Å²) in [6, 6.07) is 5.52. The van der Waals surface area contributed by atoms with Gasteiger partial charge in [-0.1, -0.05) is 11.6 Å². The number of rotatable bonds is 5. The molecule has 1 aliphatic carbocycles. The number of anilines is 1. The van der Waals surface area contributed by atoms with Gasteiger partial charge in [-0.05, 0) is 65.5 Å². The van der Waals surface area contributed by atoms with Crippen molar-refractivity contribution >= 4 is 51.1 Å². The van der Waals surface area contributed by atoms with Gasteiger partial charge in [0.15, 0.2) is 5.79 Å². The second-order valence-electron chi connectivity index (χ2n) is 5.70. The second-order valence-corrected chi connectivity index (χ2v) is 8.00. The van der Waals surface area contributed by atoms with Crippen molar-refractivity contribution in [1.82, 2.24) is 0 Å². The maximum atomic E-state index is 12.4. The Morgan fingerprint density at radius 3 is 2.92 bits per heavy atom. The summed E-state index contributed by atoms with van der Waals surface area (Å²) < 4.78 is 20.8. The van der Waals surface area contributed by atoms with Crippen LogP contribution in [0.5, 0.6) is 0 Å². The minimum absolute atomic E-state index is 0.0555. The molecule has 1 N–H and O–H groups in total. The summed E-state index contributed by atoms with van der Waals surface area (Å²) >= 11 is 10.9. The molecule has 1 aliphatic heterocycles. The van der Waals surface area contributed by atoms with Crippen molar-refractivity contribution in [3.8, 4) is 0 Å². The maximum Gasteiger partial charge on any atom is 0.335 e. The number of ether oxygens (including phenoxy) is 3. The number of carbonyl (C=O) groups is 1. The molecular formula is C17H19BrClNO4S. The highest BCUT2D eigenvalue weighted by molar-refractivity contribution is 9.10. The highest BCUT2D eigenvalue weighted by Gasteiger charge is 2.42. The van der Waals surface area contributed by atoms with Crippen LogP contribution in [0, 0.1) is 0 Å². The molecule has 5 nitrogen and oxygen atoms in total. The van der Waals surface area contributed by atoms with E-state index >= 15 is 0 Å². The summed E-state index contributed by atoms with van der Waals surface area (Å²) in [5.74, 6) is -1.10. The summed E-state index contributed by atoms with van der Waals surface area (Å²) in [6.45, 7) is 3.21. The van der Waals surface area contributed by atoms with E-state index in [1.54, 1.807) is 13.0 Å². The lowest BCUT2D eigenvalue weighted by molar-refractivity contribution is -0.142. The monoisotopic (exact) mass is 447 g/mol. The quantitative estimate of drug-likeness (QED) is 0.526. The minimum Gasteiger partial charge on any atom is -0.463 e. The van der Waals surface area contributed by atoms with E-state index in [1.807, 2.05) is 18.2 Å². The summed E-state index contributed by atoms with van der Waals surface area (Å²) in [5, 5.41) is 0.602. The molecule has 2 aliphatic rings. The Morgan fingerprint density at radius 1 is 1.48 bits per heavy atom. The number of benzene rings is 1. The number of hydrogen-bond acceptors (Lipinski definition) is 6. The van der Waals surface area contributed by atoms with E-state index in [1.165, 1.54) is 11.9 Å². The van der Waals surface area contributed by atoms with Crippen LogP contribution in [0.2, 0.25) is 5.02 Å². The molecule has 1 fully saturated rings. The van der Waals surface area contributed by atoms with E-state index in [4.69, 9.17) is 25.8 Å². The Bertz CT molecular complexity index is 679. The van der Waals surface area contributed by atoms with E-state index in [-0.39, 0.29) is 11.2 Å². The van der Waals surface area contributed by atoms with Gasteiger partial charge in [0.1, 0.15) is 0 Å². The molecular weight excluding hydrogens is 430 g/mol. The Labute approximate surface area is 164 Å². The number of carbonyl (C=O) groups excluding carboxylic acids is 1. The predicted molar refractivity (Wildman–Crippen MR) is 103 cm³/mol. The van der Waals surface area contributed by atoms with Crippen molar-refractivity contribution < 1.29 is 19.0 Å². The van der Waals surface area contributed by atoms with Crippen molar-refractivity contribution in [1.29, 1.82) is 0 Å². The van der Waals surface area contributed by atoms with Crippen LogP contribution in [0.15, 0.2) is 34.3 Å². The molecule has 3 rings (SSSR count). The van der Waals surface area contributed by atoms with Gasteiger partial charge in [0, 0.05) is 15.9 Å². The second kappa shape index (κ2) is 8.31. The third kappa shape index (κ3) is 4.52. The van der Waals surface area contributed by atoms with Gasteiger partial charge in [-0.2, -0.15) is 0 Å². The van der Waals surface area contributed by atoms with Crippen LogP contribution in [0.3, 0.4) is 0 Å². The Morgan fingerprint density at radius 2 is 2.24 bits per heavy atom. The summed E-state index contributed by atoms with van der Waals surface area (Å²) in [6.07, 6.45) is 3.24. The molecule has 0 saturated carbocycles. The number of halogens is 2. The fraction of sp³-hybridized carbons (Fsp3) is 0.471. The minimum atomic E-state index is -0.778. The van der Waals surface area contributed by atoms with E-state index < -0.39 is 5.79 Å². The zero-order valence-electron chi connectivity index (χ0n) is 13.7. The first-order valence-corrected chi connectivity index (χ1v) is 10.1. The van der Waals surface area contributed by atoms with E-state index in [2.05, 4.69) is 20.7 Å². The third-order valence-electron chi connectivity index (χ3n) is 4.01. The SMILES string of the molecule is CCOC(=O)C1=CC2(CCC1SNc1ccc(Cl)cc1Br)OCCO2. The molecule has 0 amide bonds. The maximum absolute atomic E-state index is 12.4. The van der Waals surface area contributed by atoms with Crippen molar-refractivity contribution in [3.63, 3.8) is 0 Å². The molecule has 0 aromatic heterocycles. The van der Waals surface area contributed by atoms with Crippen LogP contribution in [0.1, 0.15) is 19.8 Å². The standard InChI is InChI=1S/C17H19BrClNO4S/c1-2-22-16(21)12-10-17(23-7-8-24-17)6-5-15(12)25-20-14-4-3-11(19)9-13(14)18/h3-4,9-10,15,20H,2,5-8H2,1H3. The van der Waals surface area contributed by atoms with E-state index in [0.29, 0.717) is 36.8 Å². The van der Waals surface area contributed by atoms with Crippen LogP contribution in [0.4, 0.5) is 5.69 Å². The molecule has 0 bridgehead atoms. The zero-order chi connectivity index (χ0) is 17.9.